The smallest absolute Gasteiger partial charge is 0.225 e. The fourth-order valence-corrected chi connectivity index (χ4v) is 1.29. The summed E-state index contributed by atoms with van der Waals surface area (Å²) in [6, 6.07) is 0.577. The Morgan fingerprint density at radius 3 is 2.58 bits per heavy atom. The molecule has 0 radical (unpaired) electrons. The Bertz CT molecular complexity index is 269. The number of nitrogens with two attached hydrogens (primary N) is 1. The van der Waals surface area contributed by atoms with Gasteiger partial charge in [0, 0.05) is 12.6 Å². The minimum absolute atomic E-state index is 0.577. The lowest BCUT2D eigenvalue weighted by Crippen LogP contribution is -2.46. The average molecular weight is 164 g/mol. The summed E-state index contributed by atoms with van der Waals surface area (Å²) in [4.78, 5) is 10.4. The summed E-state index contributed by atoms with van der Waals surface area (Å²) in [5.41, 5.74) is 6.09. The van der Waals surface area contributed by atoms with E-state index in [9.17, 15) is 0 Å². The summed E-state index contributed by atoms with van der Waals surface area (Å²) in [6.07, 6.45) is 4.52. The van der Waals surface area contributed by atoms with Crippen molar-refractivity contribution in [1.82, 2.24) is 9.97 Å². The van der Waals surface area contributed by atoms with E-state index in [-0.39, 0.29) is 0 Å². The monoisotopic (exact) mass is 164 g/mol. The van der Waals surface area contributed by atoms with Gasteiger partial charge in [-0.15, -0.1) is 0 Å². The van der Waals surface area contributed by atoms with Gasteiger partial charge in [0.2, 0.25) is 5.95 Å². The molecule has 2 heterocycles. The summed E-state index contributed by atoms with van der Waals surface area (Å²) in [5, 5.41) is 0. The molecule has 0 bridgehead atoms. The van der Waals surface area contributed by atoms with E-state index in [2.05, 4.69) is 21.8 Å². The maximum atomic E-state index is 5.48. The lowest BCUT2D eigenvalue weighted by atomic mass is 10.1. The highest BCUT2D eigenvalue weighted by Crippen LogP contribution is 2.21. The third kappa shape index (κ3) is 1.09. The van der Waals surface area contributed by atoms with Gasteiger partial charge in [0.1, 0.15) is 0 Å². The normalized spacial score (nSPS) is 22.1. The zero-order chi connectivity index (χ0) is 8.55. The molecule has 2 N–H and O–H groups in total. The van der Waals surface area contributed by atoms with Crippen LogP contribution in [0.15, 0.2) is 12.4 Å². The van der Waals surface area contributed by atoms with E-state index in [1.165, 1.54) is 6.42 Å². The first-order valence-corrected chi connectivity index (χ1v) is 4.11. The van der Waals surface area contributed by atoms with Crippen LogP contribution < -0.4 is 10.6 Å². The molecular formula is C8H12N4. The highest BCUT2D eigenvalue weighted by molar-refractivity contribution is 5.40. The van der Waals surface area contributed by atoms with Crippen LogP contribution >= 0.6 is 0 Å². The van der Waals surface area contributed by atoms with Crippen molar-refractivity contribution in [2.45, 2.75) is 19.4 Å². The molecule has 0 aromatic carbocycles. The highest BCUT2D eigenvalue weighted by atomic mass is 15.3. The second-order valence-electron chi connectivity index (χ2n) is 3.15. The van der Waals surface area contributed by atoms with E-state index in [0.29, 0.717) is 11.7 Å². The maximum Gasteiger partial charge on any atom is 0.225 e. The van der Waals surface area contributed by atoms with Crippen molar-refractivity contribution in [3.63, 3.8) is 0 Å². The van der Waals surface area contributed by atoms with E-state index in [0.717, 1.165) is 12.5 Å². The van der Waals surface area contributed by atoms with Gasteiger partial charge in [-0.25, -0.2) is 9.97 Å². The topological polar surface area (TPSA) is 55.0 Å². The number of hydrogen-bond acceptors (Lipinski definition) is 4. The van der Waals surface area contributed by atoms with E-state index < -0.39 is 0 Å². The van der Waals surface area contributed by atoms with E-state index in [1.54, 1.807) is 12.4 Å². The number of hydrogen-bond donors (Lipinski definition) is 1. The number of nitrogens with zero attached hydrogens (tertiary/aromatic N) is 3. The van der Waals surface area contributed by atoms with Crippen LogP contribution in [-0.4, -0.2) is 22.6 Å². The van der Waals surface area contributed by atoms with Crippen LogP contribution in [0.3, 0.4) is 0 Å². The molecule has 1 atom stereocenters. The SMILES string of the molecule is C[C@H]1CCN1c1ncc(N)cn1. The molecule has 2 rings (SSSR count). The molecular weight excluding hydrogens is 152 g/mol. The van der Waals surface area contributed by atoms with Gasteiger partial charge in [-0.05, 0) is 13.3 Å². The predicted molar refractivity (Wildman–Crippen MR) is 47.9 cm³/mol. The Morgan fingerprint density at radius 1 is 1.50 bits per heavy atom. The molecule has 1 aromatic rings. The van der Waals surface area contributed by atoms with Crippen LogP contribution in [0.25, 0.3) is 0 Å². The van der Waals surface area contributed by atoms with Gasteiger partial charge in [0.25, 0.3) is 0 Å². The van der Waals surface area contributed by atoms with Gasteiger partial charge in [-0.3, -0.25) is 0 Å². The zero-order valence-electron chi connectivity index (χ0n) is 7.07. The van der Waals surface area contributed by atoms with Crippen LogP contribution in [0.1, 0.15) is 13.3 Å². The summed E-state index contributed by atoms with van der Waals surface area (Å²) in [6.45, 7) is 3.23. The second-order valence-corrected chi connectivity index (χ2v) is 3.15. The Morgan fingerprint density at radius 2 is 2.17 bits per heavy atom. The largest absolute Gasteiger partial charge is 0.396 e. The number of nitrogen functional groups attached to an aromatic ring is 1. The summed E-state index contributed by atoms with van der Waals surface area (Å²) < 4.78 is 0. The number of aromatic nitrogens is 2. The molecule has 1 aliphatic rings. The first-order chi connectivity index (χ1) is 5.77. The van der Waals surface area contributed by atoms with Crippen molar-refractivity contribution in [2.24, 2.45) is 0 Å². The zero-order valence-corrected chi connectivity index (χ0v) is 7.07. The minimum Gasteiger partial charge on any atom is -0.396 e. The lowest BCUT2D eigenvalue weighted by molar-refractivity contribution is 0.470. The van der Waals surface area contributed by atoms with Crippen LogP contribution in [0.2, 0.25) is 0 Å². The Kier molecular flexibility index (Phi) is 1.60. The minimum atomic E-state index is 0.577. The van der Waals surface area contributed by atoms with E-state index in [4.69, 9.17) is 5.73 Å². The summed E-state index contributed by atoms with van der Waals surface area (Å²) in [7, 11) is 0. The molecule has 12 heavy (non-hydrogen) atoms. The first kappa shape index (κ1) is 7.34. The van der Waals surface area contributed by atoms with Crippen molar-refractivity contribution in [2.75, 3.05) is 17.2 Å². The van der Waals surface area contributed by atoms with Crippen molar-refractivity contribution >= 4 is 11.6 Å². The van der Waals surface area contributed by atoms with Crippen LogP contribution in [0.4, 0.5) is 11.6 Å². The highest BCUT2D eigenvalue weighted by Gasteiger charge is 2.25. The van der Waals surface area contributed by atoms with Crippen molar-refractivity contribution in [1.29, 1.82) is 0 Å². The molecule has 0 saturated carbocycles. The molecule has 4 heteroatoms. The van der Waals surface area contributed by atoms with E-state index in [1.807, 2.05) is 0 Å². The molecule has 0 spiro atoms. The number of rotatable bonds is 1. The third-order valence-electron chi connectivity index (χ3n) is 2.23. The van der Waals surface area contributed by atoms with Crippen molar-refractivity contribution in [3.05, 3.63) is 12.4 Å². The lowest BCUT2D eigenvalue weighted by Gasteiger charge is -2.38. The van der Waals surface area contributed by atoms with Gasteiger partial charge in [-0.1, -0.05) is 0 Å². The molecule has 1 saturated heterocycles. The molecule has 64 valence electrons. The molecule has 0 amide bonds. The average Bonchev–Trinajstić information content (AvgIpc) is 2.06. The Hall–Kier alpha value is -1.32. The molecule has 0 aliphatic carbocycles. The Balaban J connectivity index is 2.18. The molecule has 0 unspecified atom stereocenters. The Labute approximate surface area is 71.4 Å². The van der Waals surface area contributed by atoms with Gasteiger partial charge < -0.3 is 10.6 Å². The van der Waals surface area contributed by atoms with E-state index >= 15 is 0 Å². The molecule has 1 fully saturated rings. The number of anilines is 2. The quantitative estimate of drug-likeness (QED) is 0.662. The van der Waals surface area contributed by atoms with Gasteiger partial charge in [0.15, 0.2) is 0 Å². The summed E-state index contributed by atoms with van der Waals surface area (Å²) in [5.74, 6) is 0.794. The fraction of sp³-hybridized carbons (Fsp3) is 0.500. The summed E-state index contributed by atoms with van der Waals surface area (Å²) >= 11 is 0. The third-order valence-corrected chi connectivity index (χ3v) is 2.23. The standard InChI is InChI=1S/C8H12N4/c1-6-2-3-12(6)8-10-4-7(9)5-11-8/h4-6H,2-3,9H2,1H3/t6-/m0/s1. The fourth-order valence-electron chi connectivity index (χ4n) is 1.29. The van der Waals surface area contributed by atoms with Crippen molar-refractivity contribution < 1.29 is 0 Å². The van der Waals surface area contributed by atoms with Crippen LogP contribution in [0, 0.1) is 0 Å². The van der Waals surface area contributed by atoms with Crippen LogP contribution in [0.5, 0.6) is 0 Å². The molecule has 4 nitrogen and oxygen atoms in total. The second kappa shape index (κ2) is 2.62. The maximum absolute atomic E-state index is 5.48. The van der Waals surface area contributed by atoms with Gasteiger partial charge in [-0.2, -0.15) is 0 Å². The van der Waals surface area contributed by atoms with Gasteiger partial charge in [0.05, 0.1) is 18.1 Å². The predicted octanol–water partition coefficient (Wildman–Crippen LogP) is 0.657. The van der Waals surface area contributed by atoms with Gasteiger partial charge >= 0.3 is 0 Å². The first-order valence-electron chi connectivity index (χ1n) is 4.11. The van der Waals surface area contributed by atoms with Crippen LogP contribution in [-0.2, 0) is 0 Å². The molecule has 1 aromatic heterocycles. The molecule has 1 aliphatic heterocycles. The van der Waals surface area contributed by atoms with Crippen molar-refractivity contribution in [3.8, 4) is 0 Å².